The molecule has 0 bridgehead atoms. The van der Waals surface area contributed by atoms with Crippen LogP contribution in [0.4, 0.5) is 5.69 Å². The molecule has 0 amide bonds. The smallest absolute Gasteiger partial charge is 0.160 e. The number of ether oxygens (including phenoxy) is 1. The summed E-state index contributed by atoms with van der Waals surface area (Å²) in [7, 11) is 1.55. The van der Waals surface area contributed by atoms with Gasteiger partial charge in [0.25, 0.3) is 0 Å². The van der Waals surface area contributed by atoms with E-state index >= 15 is 0 Å². The zero-order chi connectivity index (χ0) is 15.5. The Balaban J connectivity index is 1.67. The molecule has 0 aliphatic heterocycles. The average molecular weight is 301 g/mol. The van der Waals surface area contributed by atoms with Gasteiger partial charge in [-0.05, 0) is 37.5 Å². The van der Waals surface area contributed by atoms with Gasteiger partial charge in [0.05, 0.1) is 30.7 Å². The van der Waals surface area contributed by atoms with E-state index in [2.05, 4.69) is 22.0 Å². The Hall–Kier alpha value is -2.17. The molecule has 0 unspecified atom stereocenters. The molecule has 22 heavy (non-hydrogen) atoms. The van der Waals surface area contributed by atoms with Crippen LogP contribution in [0.25, 0.3) is 0 Å². The highest BCUT2D eigenvalue weighted by molar-refractivity contribution is 5.48. The van der Waals surface area contributed by atoms with Crippen LogP contribution < -0.4 is 10.1 Å². The van der Waals surface area contributed by atoms with Crippen molar-refractivity contribution in [2.75, 3.05) is 12.4 Å². The van der Waals surface area contributed by atoms with Gasteiger partial charge in [0.2, 0.25) is 0 Å². The summed E-state index contributed by atoms with van der Waals surface area (Å²) in [6.07, 6.45) is 6.97. The normalized spacial score (nSPS) is 15.2. The summed E-state index contributed by atoms with van der Waals surface area (Å²) in [6.45, 7) is 2.76. The first-order valence-corrected chi connectivity index (χ1v) is 7.83. The van der Waals surface area contributed by atoms with E-state index in [1.165, 1.54) is 31.4 Å². The molecule has 118 valence electrons. The molecule has 1 heterocycles. The lowest BCUT2D eigenvalue weighted by Crippen LogP contribution is -2.09. The predicted octanol–water partition coefficient (Wildman–Crippen LogP) is 3.63. The summed E-state index contributed by atoms with van der Waals surface area (Å²) in [4.78, 5) is 0. The maximum Gasteiger partial charge on any atom is 0.160 e. The molecule has 1 fully saturated rings. The van der Waals surface area contributed by atoms with Crippen LogP contribution in [0.3, 0.4) is 0 Å². The molecule has 1 aliphatic carbocycles. The van der Waals surface area contributed by atoms with E-state index in [4.69, 9.17) is 4.74 Å². The van der Waals surface area contributed by atoms with Crippen molar-refractivity contribution < 1.29 is 9.84 Å². The van der Waals surface area contributed by atoms with Gasteiger partial charge < -0.3 is 15.2 Å². The lowest BCUT2D eigenvalue weighted by atomic mass is 10.2. The number of phenols is 1. The van der Waals surface area contributed by atoms with Gasteiger partial charge in [-0.1, -0.05) is 18.9 Å². The van der Waals surface area contributed by atoms with Crippen molar-refractivity contribution in [3.63, 3.8) is 0 Å². The van der Waals surface area contributed by atoms with Gasteiger partial charge in [-0.15, -0.1) is 0 Å². The monoisotopic (exact) mass is 301 g/mol. The number of aromatic nitrogens is 2. The van der Waals surface area contributed by atoms with Crippen LogP contribution >= 0.6 is 0 Å². The fraction of sp³-hybridized carbons (Fsp3) is 0.471. The molecule has 0 saturated heterocycles. The van der Waals surface area contributed by atoms with E-state index < -0.39 is 0 Å². The van der Waals surface area contributed by atoms with Gasteiger partial charge in [0.15, 0.2) is 11.5 Å². The Morgan fingerprint density at radius 3 is 2.82 bits per heavy atom. The second-order valence-electron chi connectivity index (χ2n) is 5.89. The molecular formula is C17H23N3O2. The average Bonchev–Trinajstić information content (AvgIpc) is 3.15. The number of nitrogens with one attached hydrogen (secondary N) is 1. The van der Waals surface area contributed by atoms with E-state index in [0.717, 1.165) is 11.3 Å². The highest BCUT2D eigenvalue weighted by atomic mass is 16.5. The maximum absolute atomic E-state index is 9.82. The van der Waals surface area contributed by atoms with Crippen LogP contribution in [0.2, 0.25) is 0 Å². The molecule has 1 aliphatic rings. The molecule has 3 rings (SSSR count). The molecule has 0 atom stereocenters. The Bertz CT molecular complexity index is 645. The zero-order valence-electron chi connectivity index (χ0n) is 13.2. The molecule has 0 radical (unpaired) electrons. The summed E-state index contributed by atoms with van der Waals surface area (Å²) >= 11 is 0. The standard InChI is InChI=1S/C17H23N3O2/c1-12-15(11-19-20(12)14-5-3-4-6-14)18-10-13-7-8-17(22-2)16(21)9-13/h7-9,11,14,18,21H,3-6,10H2,1-2H3. The maximum atomic E-state index is 9.82. The van der Waals surface area contributed by atoms with E-state index in [1.54, 1.807) is 19.2 Å². The van der Waals surface area contributed by atoms with Crippen molar-refractivity contribution in [3.05, 3.63) is 35.7 Å². The third kappa shape index (κ3) is 2.89. The van der Waals surface area contributed by atoms with Crippen LogP contribution in [0.1, 0.15) is 43.0 Å². The number of methoxy groups -OCH3 is 1. The summed E-state index contributed by atoms with van der Waals surface area (Å²) in [5.74, 6) is 0.661. The van der Waals surface area contributed by atoms with Gasteiger partial charge in [-0.3, -0.25) is 4.68 Å². The van der Waals surface area contributed by atoms with Crippen LogP contribution in [0.5, 0.6) is 11.5 Å². The zero-order valence-corrected chi connectivity index (χ0v) is 13.2. The number of aromatic hydroxyl groups is 1. The molecule has 5 nitrogen and oxygen atoms in total. The SMILES string of the molecule is COc1ccc(CNc2cnn(C3CCCC3)c2C)cc1O. The summed E-state index contributed by atoms with van der Waals surface area (Å²) < 4.78 is 7.21. The van der Waals surface area contributed by atoms with E-state index in [-0.39, 0.29) is 5.75 Å². The summed E-state index contributed by atoms with van der Waals surface area (Å²) in [5, 5.41) is 17.8. The van der Waals surface area contributed by atoms with Crippen molar-refractivity contribution in [2.24, 2.45) is 0 Å². The second kappa shape index (κ2) is 6.30. The fourth-order valence-corrected chi connectivity index (χ4v) is 3.16. The molecule has 2 aromatic rings. The minimum absolute atomic E-state index is 0.167. The number of nitrogens with zero attached hydrogens (tertiary/aromatic N) is 2. The summed E-state index contributed by atoms with van der Waals surface area (Å²) in [5.41, 5.74) is 3.25. The quantitative estimate of drug-likeness (QED) is 0.885. The Kier molecular flexibility index (Phi) is 4.22. The van der Waals surface area contributed by atoms with Crippen LogP contribution in [0.15, 0.2) is 24.4 Å². The predicted molar refractivity (Wildman–Crippen MR) is 86.5 cm³/mol. The lowest BCUT2D eigenvalue weighted by molar-refractivity contribution is 0.373. The topological polar surface area (TPSA) is 59.3 Å². The van der Waals surface area contributed by atoms with Crippen LogP contribution in [0, 0.1) is 6.92 Å². The largest absolute Gasteiger partial charge is 0.504 e. The van der Waals surface area contributed by atoms with Crippen LogP contribution in [-0.2, 0) is 6.54 Å². The van der Waals surface area contributed by atoms with Crippen molar-refractivity contribution in [1.29, 1.82) is 0 Å². The van der Waals surface area contributed by atoms with Crippen LogP contribution in [-0.4, -0.2) is 22.0 Å². The first kappa shape index (κ1) is 14.8. The van der Waals surface area contributed by atoms with Gasteiger partial charge in [-0.2, -0.15) is 5.10 Å². The number of rotatable bonds is 5. The number of benzene rings is 1. The van der Waals surface area contributed by atoms with E-state index in [0.29, 0.717) is 18.3 Å². The first-order chi connectivity index (χ1) is 10.7. The lowest BCUT2D eigenvalue weighted by Gasteiger charge is -2.13. The number of hydrogen-bond donors (Lipinski definition) is 2. The summed E-state index contributed by atoms with van der Waals surface area (Å²) in [6, 6.07) is 6.01. The molecule has 5 heteroatoms. The fourth-order valence-electron chi connectivity index (χ4n) is 3.16. The third-order valence-corrected chi connectivity index (χ3v) is 4.44. The van der Waals surface area contributed by atoms with Gasteiger partial charge in [0, 0.05) is 6.54 Å². The highest BCUT2D eigenvalue weighted by Crippen LogP contribution is 2.32. The first-order valence-electron chi connectivity index (χ1n) is 7.83. The highest BCUT2D eigenvalue weighted by Gasteiger charge is 2.20. The molecule has 1 aromatic heterocycles. The van der Waals surface area contributed by atoms with Gasteiger partial charge in [-0.25, -0.2) is 0 Å². The molecule has 1 saturated carbocycles. The Labute approximate surface area is 130 Å². The van der Waals surface area contributed by atoms with Gasteiger partial charge >= 0.3 is 0 Å². The Morgan fingerprint density at radius 1 is 1.36 bits per heavy atom. The molecule has 2 N–H and O–H groups in total. The second-order valence-corrected chi connectivity index (χ2v) is 5.89. The number of anilines is 1. The molecule has 0 spiro atoms. The van der Waals surface area contributed by atoms with Crippen molar-refractivity contribution >= 4 is 5.69 Å². The van der Waals surface area contributed by atoms with E-state index in [1.807, 2.05) is 12.3 Å². The molecule has 1 aromatic carbocycles. The minimum Gasteiger partial charge on any atom is -0.504 e. The van der Waals surface area contributed by atoms with Gasteiger partial charge in [0.1, 0.15) is 0 Å². The van der Waals surface area contributed by atoms with Crippen molar-refractivity contribution in [1.82, 2.24) is 9.78 Å². The number of hydrogen-bond acceptors (Lipinski definition) is 4. The van der Waals surface area contributed by atoms with E-state index in [9.17, 15) is 5.11 Å². The Morgan fingerprint density at radius 2 is 2.14 bits per heavy atom. The number of phenolic OH excluding ortho intramolecular Hbond substituents is 1. The van der Waals surface area contributed by atoms with Crippen molar-refractivity contribution in [3.8, 4) is 11.5 Å². The third-order valence-electron chi connectivity index (χ3n) is 4.44. The van der Waals surface area contributed by atoms with Crippen molar-refractivity contribution in [2.45, 2.75) is 45.2 Å². The molecular weight excluding hydrogens is 278 g/mol. The minimum atomic E-state index is 0.167.